The quantitative estimate of drug-likeness (QED) is 0.473. The van der Waals surface area contributed by atoms with E-state index in [0.717, 1.165) is 0 Å². The Balaban J connectivity index is -0.0000000369. The summed E-state index contributed by atoms with van der Waals surface area (Å²) in [5.41, 5.74) is 0. The molecule has 0 atom stereocenters. The topological polar surface area (TPSA) is 60.7 Å². The molecule has 0 unspecified atom stereocenters. The molecule has 0 aromatic heterocycles. The molecule has 0 fully saturated rings. The molecule has 0 radical (unpaired) electrons. The van der Waals surface area contributed by atoms with E-state index in [-0.39, 0.29) is 40.0 Å². The Morgan fingerprint density at radius 1 is 0.588 bits per heavy atom. The summed E-state index contributed by atoms with van der Waals surface area (Å²) in [4.78, 5) is 0. The fraction of sp³-hybridized carbons (Fsp3) is 0.923. The molecular formula is C13H33O3Ti-. The molecule has 0 spiro atoms. The largest absolute Gasteiger partial charge is 0.394 e. The van der Waals surface area contributed by atoms with Crippen LogP contribution in [0.3, 0.4) is 0 Å². The van der Waals surface area contributed by atoms with Gasteiger partial charge in [-0.3, -0.25) is 0 Å². The van der Waals surface area contributed by atoms with Gasteiger partial charge in [-0.25, -0.2) is 0 Å². The van der Waals surface area contributed by atoms with Crippen LogP contribution in [-0.2, 0) is 21.7 Å². The van der Waals surface area contributed by atoms with Crippen molar-refractivity contribution in [1.82, 2.24) is 0 Å². The second kappa shape index (κ2) is 25.4. The van der Waals surface area contributed by atoms with Crippen LogP contribution < -0.4 is 0 Å². The number of hydrogen-bond acceptors (Lipinski definition) is 3. The minimum Gasteiger partial charge on any atom is -0.394 e. The molecule has 0 saturated carbocycles. The summed E-state index contributed by atoms with van der Waals surface area (Å²) in [7, 11) is 0. The van der Waals surface area contributed by atoms with Gasteiger partial charge in [-0.2, -0.15) is 5.92 Å². The van der Waals surface area contributed by atoms with E-state index in [0.29, 0.717) is 5.92 Å². The maximum absolute atomic E-state index is 8.06. The second-order valence-corrected chi connectivity index (χ2v) is 4.68. The third kappa shape index (κ3) is 10000. The zero-order valence-electron chi connectivity index (χ0n) is 12.9. The van der Waals surface area contributed by atoms with Crippen molar-refractivity contribution < 1.29 is 37.0 Å². The summed E-state index contributed by atoms with van der Waals surface area (Å²) in [5, 5.41) is 24.2. The van der Waals surface area contributed by atoms with Crippen molar-refractivity contribution in [1.29, 1.82) is 0 Å². The Kier molecular flexibility index (Phi) is 45.7. The Bertz CT molecular complexity index is 59.6. The van der Waals surface area contributed by atoms with Gasteiger partial charge in [0.05, 0.1) is 0 Å². The van der Waals surface area contributed by atoms with Gasteiger partial charge in [-0.15, -0.1) is 0 Å². The van der Waals surface area contributed by atoms with Crippen molar-refractivity contribution in [3.8, 4) is 0 Å². The zero-order valence-corrected chi connectivity index (χ0v) is 14.4. The fourth-order valence-corrected chi connectivity index (χ4v) is 0. The molecule has 3 N–H and O–H groups in total. The first-order valence-electron chi connectivity index (χ1n) is 5.80. The normalized spacial score (nSPS) is 8.47. The van der Waals surface area contributed by atoms with Crippen molar-refractivity contribution in [2.45, 2.75) is 73.7 Å². The van der Waals surface area contributed by atoms with Crippen molar-refractivity contribution in [3.05, 3.63) is 6.92 Å². The molecule has 0 amide bonds. The zero-order chi connectivity index (χ0) is 14.3. The Morgan fingerprint density at radius 2 is 0.588 bits per heavy atom. The molecule has 0 aliphatic heterocycles. The third-order valence-electron chi connectivity index (χ3n) is 0. The van der Waals surface area contributed by atoms with Crippen LogP contribution in [0.2, 0.25) is 0 Å². The van der Waals surface area contributed by atoms with E-state index in [1.54, 1.807) is 41.5 Å². The van der Waals surface area contributed by atoms with Gasteiger partial charge < -0.3 is 22.2 Å². The molecule has 0 aliphatic carbocycles. The van der Waals surface area contributed by atoms with Crippen LogP contribution in [0, 0.1) is 12.8 Å². The fourth-order valence-electron chi connectivity index (χ4n) is 0. The molecule has 0 bridgehead atoms. The first-order chi connectivity index (χ1) is 6.93. The smallest absolute Gasteiger partial charge is 0.0483 e. The molecule has 0 aromatic carbocycles. The van der Waals surface area contributed by atoms with Gasteiger partial charge in [0, 0.05) is 40.0 Å². The van der Waals surface area contributed by atoms with Crippen LogP contribution in [0.4, 0.5) is 0 Å². The van der Waals surface area contributed by atoms with E-state index in [9.17, 15) is 0 Å². The van der Waals surface area contributed by atoms with Crippen molar-refractivity contribution in [2.24, 2.45) is 5.92 Å². The van der Waals surface area contributed by atoms with Crippen LogP contribution in [0.1, 0.15) is 55.4 Å². The van der Waals surface area contributed by atoms with Gasteiger partial charge in [-0.1, -0.05) is 13.8 Å². The average molecular weight is 285 g/mol. The van der Waals surface area contributed by atoms with E-state index < -0.39 is 0 Å². The van der Waals surface area contributed by atoms with E-state index in [4.69, 9.17) is 15.3 Å². The van der Waals surface area contributed by atoms with Crippen molar-refractivity contribution in [3.63, 3.8) is 0 Å². The van der Waals surface area contributed by atoms with Gasteiger partial charge in [0.1, 0.15) is 0 Å². The number of aliphatic hydroxyl groups excluding tert-OH is 3. The second-order valence-electron chi connectivity index (χ2n) is 4.68. The predicted octanol–water partition coefficient (Wildman–Crippen LogP) is 2.64. The minimum atomic E-state index is -0.167. The van der Waals surface area contributed by atoms with Crippen molar-refractivity contribution in [2.75, 3.05) is 0 Å². The van der Waals surface area contributed by atoms with Gasteiger partial charge in [0.15, 0.2) is 0 Å². The predicted molar refractivity (Wildman–Crippen MR) is 72.3 cm³/mol. The molecule has 3 nitrogen and oxygen atoms in total. The molecule has 0 saturated heterocycles. The number of rotatable bonds is 0. The third-order valence-corrected chi connectivity index (χ3v) is 0. The summed E-state index contributed by atoms with van der Waals surface area (Å²) in [5.74, 6) is 0.583. The van der Waals surface area contributed by atoms with Gasteiger partial charge in [0.2, 0.25) is 0 Å². The molecular weight excluding hydrogens is 252 g/mol. The molecule has 17 heavy (non-hydrogen) atoms. The van der Waals surface area contributed by atoms with E-state index in [2.05, 4.69) is 20.8 Å². The molecule has 108 valence electrons. The monoisotopic (exact) mass is 285 g/mol. The SMILES string of the molecule is CC(C)O.CC(C)O.CC(C)O.[CH2-]C(C)C.[Ti]. The van der Waals surface area contributed by atoms with E-state index >= 15 is 0 Å². The summed E-state index contributed by atoms with van der Waals surface area (Å²) in [6, 6.07) is 0. The average Bonchev–Trinajstić information content (AvgIpc) is 1.76. The van der Waals surface area contributed by atoms with Crippen molar-refractivity contribution >= 4 is 0 Å². The molecule has 0 aromatic rings. The van der Waals surface area contributed by atoms with Gasteiger partial charge in [-0.05, 0) is 41.5 Å². The van der Waals surface area contributed by atoms with E-state index in [1.165, 1.54) is 0 Å². The van der Waals surface area contributed by atoms with Crippen LogP contribution >= 0.6 is 0 Å². The van der Waals surface area contributed by atoms with Gasteiger partial charge >= 0.3 is 0 Å². The Hall–Kier alpha value is 0.594. The first-order valence-corrected chi connectivity index (χ1v) is 5.80. The minimum absolute atomic E-state index is 0. The van der Waals surface area contributed by atoms with Crippen LogP contribution in [0.15, 0.2) is 0 Å². The summed E-state index contributed by atoms with van der Waals surface area (Å²) >= 11 is 0. The number of hydrogen-bond donors (Lipinski definition) is 3. The first kappa shape index (κ1) is 30.5. The van der Waals surface area contributed by atoms with Gasteiger partial charge in [0.25, 0.3) is 0 Å². The maximum Gasteiger partial charge on any atom is 0.0483 e. The summed E-state index contributed by atoms with van der Waals surface area (Å²) < 4.78 is 0. The maximum atomic E-state index is 8.06. The molecule has 0 aliphatic rings. The Morgan fingerprint density at radius 3 is 0.588 bits per heavy atom. The van der Waals surface area contributed by atoms with Crippen LogP contribution in [-0.4, -0.2) is 33.6 Å². The van der Waals surface area contributed by atoms with E-state index in [1.807, 2.05) is 0 Å². The van der Waals surface area contributed by atoms with Crippen LogP contribution in [0.25, 0.3) is 0 Å². The van der Waals surface area contributed by atoms with Crippen LogP contribution in [0.5, 0.6) is 0 Å². The molecule has 4 heteroatoms. The molecule has 0 heterocycles. The standard InChI is InChI=1S/C4H9.3C3H8O.Ti/c1-4(2)3;3*1-3(2)4;/h4H,1H2,2-3H3;3*3-4H,1-2H3;/q-1;;;;. The summed E-state index contributed by atoms with van der Waals surface area (Å²) in [6.07, 6.45) is -0.500. The summed E-state index contributed by atoms with van der Waals surface area (Å²) in [6.45, 7) is 18.1. The molecule has 0 rings (SSSR count). The Labute approximate surface area is 124 Å². The number of aliphatic hydroxyl groups is 3.